The van der Waals surface area contributed by atoms with Gasteiger partial charge in [-0.15, -0.1) is 0 Å². The van der Waals surface area contributed by atoms with Gasteiger partial charge in [0.25, 0.3) is 0 Å². The first-order valence-electron chi connectivity index (χ1n) is 8.16. The number of fused-ring (bicyclic) bond motifs is 1. The molecule has 1 aromatic carbocycles. The van der Waals surface area contributed by atoms with Crippen molar-refractivity contribution in [3.63, 3.8) is 0 Å². The summed E-state index contributed by atoms with van der Waals surface area (Å²) >= 11 is 0. The Hall–Kier alpha value is -2.04. The summed E-state index contributed by atoms with van der Waals surface area (Å²) in [6, 6.07) is 9.78. The molecule has 0 saturated carbocycles. The predicted molar refractivity (Wildman–Crippen MR) is 86.8 cm³/mol. The summed E-state index contributed by atoms with van der Waals surface area (Å²) < 4.78 is 5.42. The number of ether oxygens (including phenoxy) is 1. The maximum absolute atomic E-state index is 12.6. The van der Waals surface area contributed by atoms with Crippen molar-refractivity contribution in [2.24, 2.45) is 0 Å². The minimum atomic E-state index is -0.543. The second kappa shape index (κ2) is 5.55. The van der Waals surface area contributed by atoms with Crippen LogP contribution in [0.3, 0.4) is 0 Å². The molecule has 5 heteroatoms. The summed E-state index contributed by atoms with van der Waals surface area (Å²) in [5, 5.41) is 0. The number of nitrogens with zero attached hydrogens (tertiary/aromatic N) is 2. The first kappa shape index (κ1) is 15.8. The number of β-lactam (4-membered cyclic amide) rings is 1. The largest absolute Gasteiger partial charge is 0.444 e. The number of amides is 2. The van der Waals surface area contributed by atoms with Crippen LogP contribution in [0.2, 0.25) is 0 Å². The monoisotopic (exact) mass is 316 g/mol. The average Bonchev–Trinajstić information content (AvgIpc) is 2.86. The molecule has 23 heavy (non-hydrogen) atoms. The topological polar surface area (TPSA) is 49.9 Å². The maximum atomic E-state index is 12.6. The van der Waals surface area contributed by atoms with E-state index in [-0.39, 0.29) is 30.1 Å². The highest BCUT2D eigenvalue weighted by Gasteiger charge is 2.57. The summed E-state index contributed by atoms with van der Waals surface area (Å²) in [5.74, 6) is 0.0229. The molecule has 2 saturated heterocycles. The highest BCUT2D eigenvalue weighted by molar-refractivity contribution is 5.93. The summed E-state index contributed by atoms with van der Waals surface area (Å²) in [6.07, 6.45) is 0.428. The normalized spacial score (nSPS) is 25.0. The third-order valence-electron chi connectivity index (χ3n) is 4.56. The molecule has 0 aromatic heterocycles. The first-order chi connectivity index (χ1) is 10.8. The molecule has 0 spiro atoms. The van der Waals surface area contributed by atoms with E-state index >= 15 is 0 Å². The van der Waals surface area contributed by atoms with E-state index < -0.39 is 5.60 Å². The molecule has 2 amide bonds. The SMILES string of the molecule is CC(c1ccccc1)N1C(=O)C2C1CCN2C(=O)OC(C)(C)C. The van der Waals surface area contributed by atoms with E-state index in [0.717, 1.165) is 12.0 Å². The number of hydrogen-bond acceptors (Lipinski definition) is 3. The van der Waals surface area contributed by atoms with Crippen LogP contribution < -0.4 is 0 Å². The molecular weight excluding hydrogens is 292 g/mol. The van der Waals surface area contributed by atoms with E-state index in [4.69, 9.17) is 4.74 Å². The lowest BCUT2D eigenvalue weighted by molar-refractivity contribution is -0.157. The summed E-state index contributed by atoms with van der Waals surface area (Å²) in [5.41, 5.74) is 0.578. The lowest BCUT2D eigenvalue weighted by Gasteiger charge is -2.48. The Morgan fingerprint density at radius 2 is 1.91 bits per heavy atom. The summed E-state index contributed by atoms with van der Waals surface area (Å²) in [6.45, 7) is 8.13. The van der Waals surface area contributed by atoms with Crippen LogP contribution in [0.4, 0.5) is 4.79 Å². The lowest BCUT2D eigenvalue weighted by atomic mass is 9.91. The Labute approximate surface area is 137 Å². The van der Waals surface area contributed by atoms with Gasteiger partial charge in [-0.05, 0) is 39.7 Å². The second-order valence-electron chi connectivity index (χ2n) is 7.31. The third-order valence-corrected chi connectivity index (χ3v) is 4.56. The van der Waals surface area contributed by atoms with Gasteiger partial charge in [0.1, 0.15) is 11.6 Å². The molecule has 3 rings (SSSR count). The number of carbonyl (C=O) groups is 2. The van der Waals surface area contributed by atoms with Crippen molar-refractivity contribution < 1.29 is 14.3 Å². The van der Waals surface area contributed by atoms with Crippen molar-refractivity contribution in [3.8, 4) is 0 Å². The highest BCUT2D eigenvalue weighted by Crippen LogP contribution is 2.40. The number of hydrogen-bond donors (Lipinski definition) is 0. The molecule has 124 valence electrons. The first-order valence-corrected chi connectivity index (χ1v) is 8.16. The van der Waals surface area contributed by atoms with Crippen LogP contribution in [-0.2, 0) is 9.53 Å². The van der Waals surface area contributed by atoms with Crippen molar-refractivity contribution >= 4 is 12.0 Å². The molecule has 1 aromatic rings. The fourth-order valence-corrected chi connectivity index (χ4v) is 3.49. The van der Waals surface area contributed by atoms with Gasteiger partial charge in [-0.25, -0.2) is 4.79 Å². The number of rotatable bonds is 2. The van der Waals surface area contributed by atoms with Crippen LogP contribution in [0, 0.1) is 0 Å². The van der Waals surface area contributed by atoms with Gasteiger partial charge in [0.15, 0.2) is 0 Å². The zero-order chi connectivity index (χ0) is 16.8. The molecule has 0 radical (unpaired) electrons. The fourth-order valence-electron chi connectivity index (χ4n) is 3.49. The molecule has 0 N–H and O–H groups in total. The smallest absolute Gasteiger partial charge is 0.411 e. The van der Waals surface area contributed by atoms with Gasteiger partial charge in [0.2, 0.25) is 5.91 Å². The molecule has 2 aliphatic heterocycles. The molecule has 3 unspecified atom stereocenters. The Balaban J connectivity index is 1.71. The third kappa shape index (κ3) is 2.80. The van der Waals surface area contributed by atoms with E-state index in [9.17, 15) is 9.59 Å². The van der Waals surface area contributed by atoms with E-state index in [1.165, 1.54) is 0 Å². The number of likely N-dealkylation sites (tertiary alicyclic amines) is 2. The molecular formula is C18H24N2O3. The van der Waals surface area contributed by atoms with Crippen molar-refractivity contribution in [1.29, 1.82) is 0 Å². The molecule has 0 bridgehead atoms. The Kier molecular flexibility index (Phi) is 3.82. The Morgan fingerprint density at radius 3 is 2.52 bits per heavy atom. The molecule has 2 aliphatic rings. The highest BCUT2D eigenvalue weighted by atomic mass is 16.6. The van der Waals surface area contributed by atoms with Crippen LogP contribution in [-0.4, -0.2) is 46.0 Å². The van der Waals surface area contributed by atoms with E-state index in [1.807, 2.05) is 62.9 Å². The van der Waals surface area contributed by atoms with Crippen LogP contribution >= 0.6 is 0 Å². The van der Waals surface area contributed by atoms with Crippen molar-refractivity contribution in [2.75, 3.05) is 6.54 Å². The van der Waals surface area contributed by atoms with Crippen molar-refractivity contribution in [1.82, 2.24) is 9.80 Å². The van der Waals surface area contributed by atoms with Gasteiger partial charge in [0, 0.05) is 6.54 Å². The minimum absolute atomic E-state index is 0.0229. The fraction of sp³-hybridized carbons (Fsp3) is 0.556. The van der Waals surface area contributed by atoms with Gasteiger partial charge < -0.3 is 9.64 Å². The van der Waals surface area contributed by atoms with Crippen LogP contribution in [0.1, 0.15) is 45.7 Å². The van der Waals surface area contributed by atoms with E-state index in [2.05, 4.69) is 0 Å². The molecule has 2 heterocycles. The summed E-state index contributed by atoms with van der Waals surface area (Å²) in [4.78, 5) is 28.4. The average molecular weight is 316 g/mol. The quantitative estimate of drug-likeness (QED) is 0.788. The van der Waals surface area contributed by atoms with E-state index in [1.54, 1.807) is 4.90 Å². The molecule has 5 nitrogen and oxygen atoms in total. The van der Waals surface area contributed by atoms with Gasteiger partial charge in [0.05, 0.1) is 12.1 Å². The summed E-state index contributed by atoms with van der Waals surface area (Å²) in [7, 11) is 0. The van der Waals surface area contributed by atoms with Gasteiger partial charge in [-0.2, -0.15) is 0 Å². The standard InChI is InChI=1S/C18H24N2O3/c1-12(13-8-6-5-7-9-13)20-14-10-11-19(15(14)16(20)21)17(22)23-18(2,3)4/h5-9,12,14-15H,10-11H2,1-4H3. The zero-order valence-corrected chi connectivity index (χ0v) is 14.2. The molecule has 3 atom stereocenters. The lowest BCUT2D eigenvalue weighted by Crippen LogP contribution is -2.67. The molecule has 2 fully saturated rings. The second-order valence-corrected chi connectivity index (χ2v) is 7.31. The minimum Gasteiger partial charge on any atom is -0.444 e. The Morgan fingerprint density at radius 1 is 1.26 bits per heavy atom. The van der Waals surface area contributed by atoms with E-state index in [0.29, 0.717) is 6.54 Å². The number of benzene rings is 1. The van der Waals surface area contributed by atoms with Gasteiger partial charge in [-0.1, -0.05) is 30.3 Å². The van der Waals surface area contributed by atoms with Crippen LogP contribution in [0.15, 0.2) is 30.3 Å². The van der Waals surface area contributed by atoms with Crippen LogP contribution in [0.25, 0.3) is 0 Å². The van der Waals surface area contributed by atoms with Gasteiger partial charge >= 0.3 is 6.09 Å². The molecule has 0 aliphatic carbocycles. The number of carbonyl (C=O) groups excluding carboxylic acids is 2. The maximum Gasteiger partial charge on any atom is 0.411 e. The van der Waals surface area contributed by atoms with Crippen LogP contribution in [0.5, 0.6) is 0 Å². The van der Waals surface area contributed by atoms with Crippen molar-refractivity contribution in [2.45, 2.75) is 57.8 Å². The Bertz CT molecular complexity index is 608. The zero-order valence-electron chi connectivity index (χ0n) is 14.2. The van der Waals surface area contributed by atoms with Gasteiger partial charge in [-0.3, -0.25) is 9.69 Å². The predicted octanol–water partition coefficient (Wildman–Crippen LogP) is 2.97. The van der Waals surface area contributed by atoms with Crippen molar-refractivity contribution in [3.05, 3.63) is 35.9 Å².